The van der Waals surface area contributed by atoms with Gasteiger partial charge in [0, 0.05) is 4.47 Å². The van der Waals surface area contributed by atoms with Gasteiger partial charge in [0.25, 0.3) is 5.56 Å². The van der Waals surface area contributed by atoms with Crippen molar-refractivity contribution in [3.05, 3.63) is 38.3 Å². The molecule has 0 saturated carbocycles. The SMILES string of the molecule is CCOP(=O)(OCC)C(C)c1nnc2c(=O)[nH]c3cc(C(F)(F)F)c(Br)cc3n12. The van der Waals surface area contributed by atoms with Crippen molar-refractivity contribution in [3.8, 4) is 0 Å². The van der Waals surface area contributed by atoms with Crippen molar-refractivity contribution in [2.24, 2.45) is 0 Å². The molecule has 0 aliphatic carbocycles. The number of nitrogens with one attached hydrogen (secondary N) is 1. The van der Waals surface area contributed by atoms with Gasteiger partial charge in [-0.25, -0.2) is 0 Å². The van der Waals surface area contributed by atoms with E-state index < -0.39 is 30.6 Å². The van der Waals surface area contributed by atoms with Crippen molar-refractivity contribution < 1.29 is 26.8 Å². The van der Waals surface area contributed by atoms with E-state index >= 15 is 0 Å². The standard InChI is InChI=1S/C16H17BrF3N4O4P/c1-4-27-29(26,28-5-2)8(3)13-22-23-14-15(25)21-11-6-9(16(18,19)20)10(17)7-12(11)24(13)14/h6-8H,4-5H2,1-3H3,(H,21,25). The van der Waals surface area contributed by atoms with Crippen LogP contribution in [0.4, 0.5) is 13.2 Å². The fourth-order valence-corrected chi connectivity index (χ4v) is 5.20. The summed E-state index contributed by atoms with van der Waals surface area (Å²) >= 11 is 2.93. The van der Waals surface area contributed by atoms with Gasteiger partial charge < -0.3 is 14.0 Å². The number of alkyl halides is 3. The van der Waals surface area contributed by atoms with E-state index in [1.807, 2.05) is 0 Å². The average Bonchev–Trinajstić information content (AvgIpc) is 3.06. The molecule has 0 aliphatic rings. The third-order valence-electron chi connectivity index (χ3n) is 4.24. The van der Waals surface area contributed by atoms with Crippen LogP contribution in [0.5, 0.6) is 0 Å². The highest BCUT2D eigenvalue weighted by molar-refractivity contribution is 9.10. The van der Waals surface area contributed by atoms with Gasteiger partial charge in [-0.2, -0.15) is 13.2 Å². The zero-order chi connectivity index (χ0) is 21.6. The summed E-state index contributed by atoms with van der Waals surface area (Å²) in [5.41, 5.74) is -2.63. The normalized spacial score (nSPS) is 14.0. The van der Waals surface area contributed by atoms with E-state index in [2.05, 4.69) is 31.1 Å². The zero-order valence-corrected chi connectivity index (χ0v) is 18.1. The summed E-state index contributed by atoms with van der Waals surface area (Å²) in [6, 6.07) is 2.02. The van der Waals surface area contributed by atoms with Crippen LogP contribution in [0, 0.1) is 0 Å². The number of halogens is 4. The molecule has 0 fully saturated rings. The smallest absolute Gasteiger partial charge is 0.317 e. The number of benzene rings is 1. The van der Waals surface area contributed by atoms with Crippen molar-refractivity contribution in [2.75, 3.05) is 13.2 Å². The van der Waals surface area contributed by atoms with Crippen molar-refractivity contribution in [1.82, 2.24) is 19.6 Å². The topological polar surface area (TPSA) is 98.6 Å². The van der Waals surface area contributed by atoms with Crippen LogP contribution in [0.15, 0.2) is 21.4 Å². The number of aromatic amines is 1. The highest BCUT2D eigenvalue weighted by Crippen LogP contribution is 2.60. The van der Waals surface area contributed by atoms with E-state index in [4.69, 9.17) is 9.05 Å². The quantitative estimate of drug-likeness (QED) is 0.497. The minimum atomic E-state index is -4.62. The summed E-state index contributed by atoms with van der Waals surface area (Å²) < 4.78 is 64.6. The predicted octanol–water partition coefficient (Wildman–Crippen LogP) is 4.68. The molecule has 3 rings (SSSR count). The summed E-state index contributed by atoms with van der Waals surface area (Å²) in [6.45, 7) is 5.06. The minimum Gasteiger partial charge on any atom is -0.317 e. The first kappa shape index (κ1) is 21.9. The lowest BCUT2D eigenvalue weighted by molar-refractivity contribution is -0.138. The van der Waals surface area contributed by atoms with E-state index in [-0.39, 0.29) is 40.2 Å². The molecule has 8 nitrogen and oxygen atoms in total. The minimum absolute atomic E-state index is 0.0751. The predicted molar refractivity (Wildman–Crippen MR) is 103 cm³/mol. The van der Waals surface area contributed by atoms with E-state index in [9.17, 15) is 22.5 Å². The zero-order valence-electron chi connectivity index (χ0n) is 15.6. The maximum atomic E-state index is 13.2. The van der Waals surface area contributed by atoms with Gasteiger partial charge in [-0.05, 0) is 32.9 Å². The van der Waals surface area contributed by atoms with E-state index in [1.165, 1.54) is 17.4 Å². The van der Waals surface area contributed by atoms with Gasteiger partial charge in [0.2, 0.25) is 5.65 Å². The Hall–Kier alpha value is -1.75. The Morgan fingerprint density at radius 1 is 1.24 bits per heavy atom. The number of hydrogen-bond donors (Lipinski definition) is 1. The molecule has 3 aromatic rings. The molecular formula is C16H17BrF3N4O4P. The van der Waals surface area contributed by atoms with Crippen LogP contribution in [-0.4, -0.2) is 32.8 Å². The van der Waals surface area contributed by atoms with Crippen LogP contribution in [-0.2, 0) is 19.8 Å². The number of nitrogens with zero attached hydrogens (tertiary/aromatic N) is 3. The Labute approximate surface area is 171 Å². The van der Waals surface area contributed by atoms with Crippen molar-refractivity contribution >= 4 is 40.2 Å². The molecule has 158 valence electrons. The van der Waals surface area contributed by atoms with Crippen LogP contribution in [0.2, 0.25) is 0 Å². The maximum absolute atomic E-state index is 13.2. The van der Waals surface area contributed by atoms with Crippen LogP contribution in [0.3, 0.4) is 0 Å². The summed E-state index contributed by atoms with van der Waals surface area (Å²) in [6.07, 6.45) is -4.62. The second kappa shape index (κ2) is 7.82. The van der Waals surface area contributed by atoms with Crippen LogP contribution >= 0.6 is 23.5 Å². The Bertz CT molecular complexity index is 1170. The molecule has 13 heteroatoms. The number of H-pyrrole nitrogens is 1. The van der Waals surface area contributed by atoms with Crippen LogP contribution < -0.4 is 5.56 Å². The fraction of sp³-hybridized carbons (Fsp3) is 0.438. The lowest BCUT2D eigenvalue weighted by atomic mass is 10.2. The summed E-state index contributed by atoms with van der Waals surface area (Å²) in [5.74, 6) is 0.0768. The molecular weight excluding hydrogens is 480 g/mol. The molecule has 0 saturated heterocycles. The molecule has 1 atom stereocenters. The molecule has 29 heavy (non-hydrogen) atoms. The fourth-order valence-electron chi connectivity index (χ4n) is 2.96. The summed E-state index contributed by atoms with van der Waals surface area (Å²) in [7, 11) is -3.67. The third kappa shape index (κ3) is 3.86. The summed E-state index contributed by atoms with van der Waals surface area (Å²) in [4.78, 5) is 14.8. The first-order valence-corrected chi connectivity index (χ1v) is 11.0. The molecule has 2 heterocycles. The highest BCUT2D eigenvalue weighted by Gasteiger charge is 2.38. The van der Waals surface area contributed by atoms with Gasteiger partial charge in [-0.1, -0.05) is 15.9 Å². The van der Waals surface area contributed by atoms with E-state index in [0.29, 0.717) is 0 Å². The van der Waals surface area contributed by atoms with Crippen molar-refractivity contribution in [2.45, 2.75) is 32.6 Å². The highest BCUT2D eigenvalue weighted by atomic mass is 79.9. The molecule has 0 spiro atoms. The molecule has 2 aromatic heterocycles. The molecule has 0 amide bonds. The molecule has 1 unspecified atom stereocenters. The largest absolute Gasteiger partial charge is 0.417 e. The Morgan fingerprint density at radius 3 is 2.41 bits per heavy atom. The van der Waals surface area contributed by atoms with Gasteiger partial charge in [0.15, 0.2) is 5.82 Å². The van der Waals surface area contributed by atoms with E-state index in [0.717, 1.165) is 6.07 Å². The Balaban J connectivity index is 2.33. The number of aromatic nitrogens is 4. The number of fused-ring (bicyclic) bond motifs is 3. The first-order chi connectivity index (χ1) is 13.5. The lowest BCUT2D eigenvalue weighted by Gasteiger charge is -2.22. The Morgan fingerprint density at radius 2 is 1.86 bits per heavy atom. The third-order valence-corrected chi connectivity index (χ3v) is 7.31. The summed E-state index contributed by atoms with van der Waals surface area (Å²) in [5, 5.41) is 7.78. The van der Waals surface area contributed by atoms with Gasteiger partial charge in [-0.15, -0.1) is 10.2 Å². The van der Waals surface area contributed by atoms with E-state index in [1.54, 1.807) is 13.8 Å². The van der Waals surface area contributed by atoms with Gasteiger partial charge in [0.1, 0.15) is 5.66 Å². The molecule has 0 radical (unpaired) electrons. The van der Waals surface area contributed by atoms with Crippen molar-refractivity contribution in [1.29, 1.82) is 0 Å². The molecule has 1 N–H and O–H groups in total. The van der Waals surface area contributed by atoms with Crippen LogP contribution in [0.1, 0.15) is 37.8 Å². The van der Waals surface area contributed by atoms with Crippen LogP contribution in [0.25, 0.3) is 16.7 Å². The molecule has 0 aliphatic heterocycles. The van der Waals surface area contributed by atoms with Gasteiger partial charge in [0.05, 0.1) is 29.8 Å². The second-order valence-electron chi connectivity index (χ2n) is 6.07. The Kier molecular flexibility index (Phi) is 5.92. The first-order valence-electron chi connectivity index (χ1n) is 8.60. The average molecular weight is 497 g/mol. The van der Waals surface area contributed by atoms with Gasteiger partial charge >= 0.3 is 13.8 Å². The number of hydrogen-bond acceptors (Lipinski definition) is 6. The maximum Gasteiger partial charge on any atom is 0.417 e. The molecule has 1 aromatic carbocycles. The molecule has 0 bridgehead atoms. The number of rotatable bonds is 6. The monoisotopic (exact) mass is 496 g/mol. The van der Waals surface area contributed by atoms with Gasteiger partial charge in [-0.3, -0.25) is 13.8 Å². The second-order valence-corrected chi connectivity index (χ2v) is 9.29. The van der Waals surface area contributed by atoms with Crippen molar-refractivity contribution in [3.63, 3.8) is 0 Å². The lowest BCUT2D eigenvalue weighted by Crippen LogP contribution is -2.15.